The normalized spacial score (nSPS) is 32.9. The number of ether oxygens (including phenoxy) is 7. The van der Waals surface area contributed by atoms with Gasteiger partial charge in [0.2, 0.25) is 23.8 Å². The van der Waals surface area contributed by atoms with Crippen LogP contribution in [0.25, 0.3) is 28.4 Å². The Balaban J connectivity index is 1.19. The molecule has 352 valence electrons. The molecule has 3 aliphatic rings. The van der Waals surface area contributed by atoms with Gasteiger partial charge in [-0.25, -0.2) is 4.79 Å². The molecule has 3 aliphatic heterocycles. The zero-order valence-electron chi connectivity index (χ0n) is 33.8. The van der Waals surface area contributed by atoms with E-state index in [1.807, 2.05) is 0 Å². The van der Waals surface area contributed by atoms with Crippen molar-refractivity contribution in [3.8, 4) is 45.8 Å². The summed E-state index contributed by atoms with van der Waals surface area (Å²) >= 11 is 0. The largest absolute Gasteiger partial charge is 0.508 e. The number of rotatable bonds is 12. The fourth-order valence-electron chi connectivity index (χ4n) is 7.23. The molecule has 3 fully saturated rings. The molecule has 0 aliphatic carbocycles. The second kappa shape index (κ2) is 19.4. The Kier molecular flexibility index (Phi) is 14.2. The molecule has 15 atom stereocenters. The van der Waals surface area contributed by atoms with E-state index in [0.29, 0.717) is 5.56 Å². The lowest BCUT2D eigenvalue weighted by Crippen LogP contribution is -2.64. The highest BCUT2D eigenvalue weighted by molar-refractivity contribution is 5.89. The molecule has 0 spiro atoms. The quantitative estimate of drug-likeness (QED) is 0.0406. The molecule has 0 amide bonds. The number of hydrogen-bond acceptors (Lipinski definition) is 23. The van der Waals surface area contributed by atoms with E-state index >= 15 is 0 Å². The van der Waals surface area contributed by atoms with Crippen LogP contribution in [-0.4, -0.2) is 178 Å². The Bertz CT molecular complexity index is 2400. The molecule has 3 saturated heterocycles. The maximum Gasteiger partial charge on any atom is 0.330 e. The molecule has 23 heteroatoms. The summed E-state index contributed by atoms with van der Waals surface area (Å²) in [5.41, 5.74) is -1.19. The Labute approximate surface area is 365 Å². The van der Waals surface area contributed by atoms with Crippen molar-refractivity contribution in [1.29, 1.82) is 0 Å². The van der Waals surface area contributed by atoms with Crippen molar-refractivity contribution in [1.82, 2.24) is 0 Å². The van der Waals surface area contributed by atoms with Crippen molar-refractivity contribution in [2.75, 3.05) is 13.2 Å². The predicted molar refractivity (Wildman–Crippen MR) is 214 cm³/mol. The monoisotopic (exact) mass is 918 g/mol. The molecule has 1 aromatic heterocycles. The summed E-state index contributed by atoms with van der Waals surface area (Å²) in [4.78, 5) is 26.9. The van der Waals surface area contributed by atoms with Gasteiger partial charge in [-0.3, -0.25) is 4.79 Å². The van der Waals surface area contributed by atoms with Gasteiger partial charge in [0, 0.05) is 23.8 Å². The number of carbonyl (C=O) groups excluding carboxylic acids is 1. The van der Waals surface area contributed by atoms with Gasteiger partial charge in [-0.15, -0.1) is 0 Å². The van der Waals surface area contributed by atoms with E-state index in [0.717, 1.165) is 30.3 Å². The van der Waals surface area contributed by atoms with Crippen LogP contribution in [0.2, 0.25) is 0 Å². The number of phenolic OH excluding ortho intramolecular Hbond substituents is 4. The summed E-state index contributed by atoms with van der Waals surface area (Å²) in [6, 6.07) is 10.9. The molecule has 13 N–H and O–H groups in total. The number of phenols is 4. The van der Waals surface area contributed by atoms with E-state index in [-0.39, 0.29) is 17.1 Å². The molecule has 0 unspecified atom stereocenters. The number of carbonyl (C=O) groups is 1. The summed E-state index contributed by atoms with van der Waals surface area (Å²) in [6.07, 6.45) is -24.4. The number of esters is 1. The zero-order valence-corrected chi connectivity index (χ0v) is 33.8. The van der Waals surface area contributed by atoms with Gasteiger partial charge in [0.05, 0.1) is 12.7 Å². The van der Waals surface area contributed by atoms with Crippen molar-refractivity contribution in [3.05, 3.63) is 76.5 Å². The third-order valence-corrected chi connectivity index (χ3v) is 10.9. The van der Waals surface area contributed by atoms with Gasteiger partial charge in [-0.2, -0.15) is 0 Å². The minimum absolute atomic E-state index is 0.000991. The summed E-state index contributed by atoms with van der Waals surface area (Å²) < 4.78 is 45.6. The molecule has 4 heterocycles. The topological polar surface area (TPSA) is 375 Å². The van der Waals surface area contributed by atoms with Crippen LogP contribution in [0.4, 0.5) is 0 Å². The average molecular weight is 919 g/mol. The standard InChI is InChI=1S/C42H46O23/c1-15-28(49)34(55)39(65-41-36(57)33(54)30(51)25(63-41)14-58-26(48)9-4-16-2-6-18(44)7-3-16)42(59-15)64-38-31(52)27-22(47)11-19(60-40-35(56)32(53)29(50)24(13-43)62-40)12-23(27)61-37(38)17-5-8-20(45)21(46)10-17/h2-12,15,24-25,28-30,32-36,39-47,49-51,53-57H,13-14H2,1H3/b9-4+/t15-,24+,25+,28+,29-,30-,32+,33+,34-,35+,36-,39+,40-,41+,42+/m1/s1. The second-order valence-corrected chi connectivity index (χ2v) is 15.4. The van der Waals surface area contributed by atoms with Gasteiger partial charge < -0.3 is 104 Å². The van der Waals surface area contributed by atoms with E-state index in [1.54, 1.807) is 0 Å². The lowest BCUT2D eigenvalue weighted by atomic mass is 9.97. The Morgan fingerprint density at radius 3 is 2.02 bits per heavy atom. The maximum atomic E-state index is 14.4. The van der Waals surface area contributed by atoms with Crippen LogP contribution in [-0.2, 0) is 28.5 Å². The zero-order chi connectivity index (χ0) is 47.0. The van der Waals surface area contributed by atoms with Crippen molar-refractivity contribution in [3.63, 3.8) is 0 Å². The van der Waals surface area contributed by atoms with Crippen LogP contribution in [0.3, 0.4) is 0 Å². The van der Waals surface area contributed by atoms with Crippen molar-refractivity contribution >= 4 is 23.0 Å². The van der Waals surface area contributed by atoms with Crippen molar-refractivity contribution < 1.29 is 109 Å². The smallest absolute Gasteiger partial charge is 0.330 e. The number of fused-ring (bicyclic) bond motifs is 1. The second-order valence-electron chi connectivity index (χ2n) is 15.4. The number of aliphatic hydroxyl groups is 9. The molecular weight excluding hydrogens is 872 g/mol. The number of aliphatic hydroxyl groups excluding tert-OH is 9. The molecule has 0 saturated carbocycles. The summed E-state index contributed by atoms with van der Waals surface area (Å²) in [7, 11) is 0. The third-order valence-electron chi connectivity index (χ3n) is 10.9. The maximum absolute atomic E-state index is 14.4. The molecule has 0 radical (unpaired) electrons. The molecule has 7 rings (SSSR count). The van der Waals surface area contributed by atoms with E-state index < -0.39 is 156 Å². The molecule has 3 aromatic carbocycles. The Morgan fingerprint density at radius 2 is 1.34 bits per heavy atom. The van der Waals surface area contributed by atoms with Crippen molar-refractivity contribution in [2.45, 2.75) is 99.0 Å². The van der Waals surface area contributed by atoms with Gasteiger partial charge in [-0.05, 0) is 48.9 Å². The van der Waals surface area contributed by atoms with Gasteiger partial charge >= 0.3 is 5.97 Å². The lowest BCUT2D eigenvalue weighted by Gasteiger charge is -2.45. The Morgan fingerprint density at radius 1 is 0.677 bits per heavy atom. The van der Waals surface area contributed by atoms with Crippen LogP contribution < -0.4 is 14.9 Å². The van der Waals surface area contributed by atoms with Crippen LogP contribution in [0, 0.1) is 0 Å². The highest BCUT2D eigenvalue weighted by atomic mass is 16.8. The fourth-order valence-corrected chi connectivity index (χ4v) is 7.23. The summed E-state index contributed by atoms with van der Waals surface area (Å²) in [6.45, 7) is -0.163. The van der Waals surface area contributed by atoms with Crippen LogP contribution in [0.1, 0.15) is 12.5 Å². The average Bonchev–Trinajstić information content (AvgIpc) is 3.28. The minimum Gasteiger partial charge on any atom is -0.508 e. The summed E-state index contributed by atoms with van der Waals surface area (Å²) in [5, 5.41) is 136. The number of hydrogen-bond donors (Lipinski definition) is 13. The first-order valence-corrected chi connectivity index (χ1v) is 19.9. The minimum atomic E-state index is -2.06. The highest BCUT2D eigenvalue weighted by Crippen LogP contribution is 2.41. The first-order chi connectivity index (χ1) is 30.9. The molecule has 0 bridgehead atoms. The highest BCUT2D eigenvalue weighted by Gasteiger charge is 2.51. The molecule has 23 nitrogen and oxygen atoms in total. The predicted octanol–water partition coefficient (Wildman–Crippen LogP) is -2.24. The van der Waals surface area contributed by atoms with E-state index in [2.05, 4.69) is 0 Å². The van der Waals surface area contributed by atoms with Crippen LogP contribution in [0.15, 0.2) is 69.9 Å². The molecule has 65 heavy (non-hydrogen) atoms. The number of aromatic hydroxyl groups is 4. The van der Waals surface area contributed by atoms with Crippen LogP contribution in [0.5, 0.6) is 34.5 Å². The first-order valence-electron chi connectivity index (χ1n) is 19.9. The van der Waals surface area contributed by atoms with Gasteiger partial charge in [0.15, 0.2) is 29.7 Å². The third kappa shape index (κ3) is 9.83. The van der Waals surface area contributed by atoms with Crippen LogP contribution >= 0.6 is 0 Å². The SMILES string of the molecule is C[C@H]1O[C@@H](Oc2c(-c3ccc(O)c(O)c3)oc3cc(O[C@@H]4O[C@@H](CO)[C@@H](O)[C@H](O)[C@@H]4O)cc(O)c3c2=O)[C@@H](O[C@@H]2O[C@@H](COC(=O)/C=C/c3ccc(O)cc3)[C@@H](O)[C@H](O)[C@H]2O)[C@H](O)[C@H]1O. The van der Waals surface area contributed by atoms with E-state index in [9.17, 15) is 76.0 Å². The van der Waals surface area contributed by atoms with E-state index in [1.165, 1.54) is 43.3 Å². The molecule has 4 aromatic rings. The van der Waals surface area contributed by atoms with E-state index in [4.69, 9.17) is 37.6 Å². The first kappa shape index (κ1) is 47.3. The summed E-state index contributed by atoms with van der Waals surface area (Å²) in [5.74, 6) is -4.66. The van der Waals surface area contributed by atoms with Gasteiger partial charge in [0.25, 0.3) is 0 Å². The Hall–Kier alpha value is -5.64. The lowest BCUT2D eigenvalue weighted by molar-refractivity contribution is -0.355. The van der Waals surface area contributed by atoms with Gasteiger partial charge in [0.1, 0.15) is 95.9 Å². The fraction of sp³-hybridized carbons (Fsp3) is 0.429. The van der Waals surface area contributed by atoms with Crippen molar-refractivity contribution in [2.24, 2.45) is 0 Å². The van der Waals surface area contributed by atoms with Gasteiger partial charge in [-0.1, -0.05) is 12.1 Å². The number of benzene rings is 3. The molecular formula is C42H46O23.